The minimum Gasteiger partial charge on any atom is -0.507 e. The average molecular weight is 905 g/mol. The van der Waals surface area contributed by atoms with Crippen molar-refractivity contribution in [2.75, 3.05) is 7.11 Å². The predicted octanol–water partition coefficient (Wildman–Crippen LogP) is 8.52. The molecule has 1 saturated heterocycles. The zero-order chi connectivity index (χ0) is 47.9. The molecule has 4 heterocycles. The number of Topliss-reactive ketones (excluding diaryl/α,β-unsaturated/α-hetero) is 2. The number of carbonyl (C=O) groups is 4. The molecule has 3 aromatic rings. The molecule has 9 atom stereocenters. The number of ether oxygens (including phenoxy) is 5. The maximum absolute atomic E-state index is 14.3. The number of methoxy groups -OCH3 is 1. The van der Waals surface area contributed by atoms with Crippen LogP contribution >= 0.6 is 0 Å². The van der Waals surface area contributed by atoms with Gasteiger partial charge in [-0.1, -0.05) is 26.0 Å². The number of hydrogen-bond acceptors (Lipinski definition) is 13. The first kappa shape index (κ1) is 45.5. The van der Waals surface area contributed by atoms with Crippen LogP contribution < -0.4 is 14.2 Å². The van der Waals surface area contributed by atoms with E-state index in [9.17, 15) is 34.5 Å². The van der Waals surface area contributed by atoms with Crippen molar-refractivity contribution >= 4 is 29.4 Å². The molecule has 350 valence electrons. The van der Waals surface area contributed by atoms with Gasteiger partial charge in [0.15, 0.2) is 17.3 Å². The largest absolute Gasteiger partial charge is 0.507 e. The standard InChI is InChI=1S/C28H32O7.C25H28O6/c1-14(29)34-17-12-26(5)16(15-8-10-33-13-15)11-19-28(26,35-19)27(6)21(17)25(4)9-7-18(30)24(2,3)22(25)20(31)23(27)32;1-24(2)9-8-16-20(30-24)7-6-14(23(16)29-5)11-18(26)17-10-15-12-22(28)25(3,4)31-21(15)13-19(17)27/h7-10,13,16-17,19,21,31H,11-12H2,1-6H3;6-10,13,22,27-28H,11-12H2,1-5H3. The Labute approximate surface area is 384 Å². The van der Waals surface area contributed by atoms with E-state index in [-0.39, 0.29) is 47.1 Å². The topological polar surface area (TPSA) is 192 Å². The Hall–Kier alpha value is -5.66. The summed E-state index contributed by atoms with van der Waals surface area (Å²) >= 11 is 0. The second-order valence-corrected chi connectivity index (χ2v) is 21.5. The minimum atomic E-state index is -1.17. The third-order valence-corrected chi connectivity index (χ3v) is 16.3. The molecular weight excluding hydrogens is 845 g/mol. The minimum absolute atomic E-state index is 0.0453. The highest BCUT2D eigenvalue weighted by Crippen LogP contribution is 2.81. The van der Waals surface area contributed by atoms with Crippen LogP contribution in [0.5, 0.6) is 23.0 Å². The summed E-state index contributed by atoms with van der Waals surface area (Å²) in [6.45, 7) is 18.3. The summed E-state index contributed by atoms with van der Waals surface area (Å²) in [6.07, 6.45) is 10.8. The first-order valence-electron chi connectivity index (χ1n) is 22.7. The van der Waals surface area contributed by atoms with Crippen LogP contribution in [0.25, 0.3) is 6.08 Å². The number of allylic oxidation sites excluding steroid dienone is 4. The fourth-order valence-corrected chi connectivity index (χ4v) is 13.2. The van der Waals surface area contributed by atoms with E-state index >= 15 is 0 Å². The second kappa shape index (κ2) is 14.7. The Kier molecular flexibility index (Phi) is 10.1. The molecule has 7 aliphatic rings. The summed E-state index contributed by atoms with van der Waals surface area (Å²) < 4.78 is 35.3. The lowest BCUT2D eigenvalue weighted by Crippen LogP contribution is -2.70. The molecule has 66 heavy (non-hydrogen) atoms. The van der Waals surface area contributed by atoms with E-state index in [2.05, 4.69) is 6.92 Å². The Balaban J connectivity index is 0.000000167. The van der Waals surface area contributed by atoms with Gasteiger partial charge in [0.1, 0.15) is 45.9 Å². The number of epoxide rings is 1. The summed E-state index contributed by atoms with van der Waals surface area (Å²) in [6, 6.07) is 8.67. The first-order chi connectivity index (χ1) is 30.8. The number of carbonyl (C=O) groups excluding carboxylic acids is 4. The zero-order valence-corrected chi connectivity index (χ0v) is 39.5. The quantitative estimate of drug-likeness (QED) is 0.121. The fourth-order valence-electron chi connectivity index (χ4n) is 13.2. The maximum atomic E-state index is 14.3. The number of esters is 1. The molecule has 10 rings (SSSR count). The number of aliphatic hydroxyl groups excluding tert-OH is 2. The zero-order valence-electron chi connectivity index (χ0n) is 39.5. The second-order valence-electron chi connectivity index (χ2n) is 21.5. The molecule has 2 saturated carbocycles. The van der Waals surface area contributed by atoms with Gasteiger partial charge >= 0.3 is 5.97 Å². The monoisotopic (exact) mass is 904 g/mol. The molecule has 4 aliphatic carbocycles. The van der Waals surface area contributed by atoms with Gasteiger partial charge in [-0.15, -0.1) is 0 Å². The summed E-state index contributed by atoms with van der Waals surface area (Å²) in [5, 5.41) is 32.3. The van der Waals surface area contributed by atoms with Crippen molar-refractivity contribution in [1.82, 2.24) is 0 Å². The molecule has 9 unspecified atom stereocenters. The number of fused-ring (bicyclic) bond motifs is 5. The van der Waals surface area contributed by atoms with Crippen LogP contribution in [0, 0.1) is 27.6 Å². The van der Waals surface area contributed by atoms with Crippen molar-refractivity contribution in [2.45, 2.75) is 136 Å². The highest BCUT2D eigenvalue weighted by molar-refractivity contribution is 6.06. The molecule has 1 spiro atoms. The van der Waals surface area contributed by atoms with Crippen molar-refractivity contribution in [3.8, 4) is 23.0 Å². The molecule has 2 aromatic carbocycles. The van der Waals surface area contributed by atoms with E-state index in [0.717, 1.165) is 11.1 Å². The number of phenolic OH excluding ortho intramolecular Hbond substituents is 1. The summed E-state index contributed by atoms with van der Waals surface area (Å²) in [5.74, 6) is -0.462. The molecule has 0 amide bonds. The van der Waals surface area contributed by atoms with E-state index in [1.54, 1.807) is 65.5 Å². The summed E-state index contributed by atoms with van der Waals surface area (Å²) in [7, 11) is 1.56. The molecule has 0 radical (unpaired) electrons. The highest BCUT2D eigenvalue weighted by Gasteiger charge is 2.89. The van der Waals surface area contributed by atoms with Gasteiger partial charge in [-0.3, -0.25) is 19.2 Å². The summed E-state index contributed by atoms with van der Waals surface area (Å²) in [4.78, 5) is 52.7. The molecule has 13 heteroatoms. The Bertz CT molecular complexity index is 2680. The third-order valence-electron chi connectivity index (χ3n) is 16.3. The fraction of sp³-hybridized carbons (Fsp3) is 0.509. The molecule has 0 bridgehead atoms. The average Bonchev–Trinajstić information content (AvgIpc) is 3.59. The molecule has 3 fully saturated rings. The number of aliphatic hydroxyl groups is 2. The van der Waals surface area contributed by atoms with Gasteiger partial charge in [-0.2, -0.15) is 0 Å². The van der Waals surface area contributed by atoms with Gasteiger partial charge in [-0.05, 0) is 120 Å². The van der Waals surface area contributed by atoms with Crippen LogP contribution in [0.15, 0.2) is 76.8 Å². The number of aromatic hydroxyl groups is 1. The van der Waals surface area contributed by atoms with Gasteiger partial charge in [0, 0.05) is 48.1 Å². The molecule has 13 nitrogen and oxygen atoms in total. The Morgan fingerprint density at radius 1 is 0.909 bits per heavy atom. The van der Waals surface area contributed by atoms with Crippen molar-refractivity contribution in [1.29, 1.82) is 0 Å². The highest BCUT2D eigenvalue weighted by atomic mass is 16.6. The van der Waals surface area contributed by atoms with Gasteiger partial charge in [0.25, 0.3) is 0 Å². The van der Waals surface area contributed by atoms with E-state index in [1.807, 2.05) is 58.0 Å². The van der Waals surface area contributed by atoms with Crippen LogP contribution in [0.1, 0.15) is 121 Å². The lowest BCUT2D eigenvalue weighted by molar-refractivity contribution is -0.200. The number of furan rings is 1. The lowest BCUT2D eigenvalue weighted by atomic mass is 9.38. The van der Waals surface area contributed by atoms with Gasteiger partial charge in [-0.25, -0.2) is 0 Å². The van der Waals surface area contributed by atoms with Gasteiger partial charge < -0.3 is 43.4 Å². The van der Waals surface area contributed by atoms with Crippen molar-refractivity contribution in [3.05, 3.63) is 100 Å². The third kappa shape index (κ3) is 6.31. The Morgan fingerprint density at radius 2 is 1.64 bits per heavy atom. The summed E-state index contributed by atoms with van der Waals surface area (Å²) in [5.41, 5.74) is -1.84. The van der Waals surface area contributed by atoms with Gasteiger partial charge in [0.05, 0.1) is 53.8 Å². The number of ketones is 3. The van der Waals surface area contributed by atoms with E-state index < -0.39 is 68.3 Å². The van der Waals surface area contributed by atoms with Crippen LogP contribution in [0.2, 0.25) is 0 Å². The van der Waals surface area contributed by atoms with Crippen LogP contribution in [-0.4, -0.2) is 80.9 Å². The number of phenols is 1. The van der Waals surface area contributed by atoms with Crippen LogP contribution in [0.4, 0.5) is 0 Å². The van der Waals surface area contributed by atoms with E-state index in [1.165, 1.54) is 13.0 Å². The molecule has 3 aliphatic heterocycles. The maximum Gasteiger partial charge on any atom is 0.302 e. The smallest absolute Gasteiger partial charge is 0.302 e. The molecule has 3 N–H and O–H groups in total. The molecular formula is C53H60O13. The van der Waals surface area contributed by atoms with Crippen molar-refractivity contribution < 1.29 is 62.6 Å². The number of hydrogen-bond donors (Lipinski definition) is 3. The number of benzene rings is 2. The van der Waals surface area contributed by atoms with Crippen molar-refractivity contribution in [2.24, 2.45) is 27.6 Å². The first-order valence-corrected chi connectivity index (χ1v) is 22.7. The number of rotatable bonds is 6. The van der Waals surface area contributed by atoms with E-state index in [0.29, 0.717) is 53.2 Å². The van der Waals surface area contributed by atoms with E-state index in [4.69, 9.17) is 28.1 Å². The predicted molar refractivity (Wildman–Crippen MR) is 242 cm³/mol. The van der Waals surface area contributed by atoms with Crippen LogP contribution in [-0.2, 0) is 36.7 Å². The molecule has 1 aromatic heterocycles. The van der Waals surface area contributed by atoms with Gasteiger partial charge in [0.2, 0.25) is 5.78 Å². The van der Waals surface area contributed by atoms with Crippen LogP contribution in [0.3, 0.4) is 0 Å². The normalized spacial score (nSPS) is 34.4. The SMILES string of the molecule is CC(=O)OC1CC2(C)C(c3ccoc3)CC3OC32C2(C)C(=O)C(O)=C3C(C)(C)C(=O)C=CC3(C)C12.COc1c(CC(=O)c2cc3c(cc2O)OC(C)(C)C(O)C3)ccc2c1C=CC(C)(C)O2. The Morgan fingerprint density at radius 3 is 2.30 bits per heavy atom. The van der Waals surface area contributed by atoms with Crippen molar-refractivity contribution in [3.63, 3.8) is 0 Å². The lowest BCUT2D eigenvalue weighted by Gasteiger charge is -2.64.